The number of anilines is 2. The highest BCUT2D eigenvalue weighted by Crippen LogP contribution is 2.25. The number of ether oxygens (including phenoxy) is 1. The van der Waals surface area contributed by atoms with E-state index in [1.807, 2.05) is 0 Å². The molecule has 0 radical (unpaired) electrons. The van der Waals surface area contributed by atoms with E-state index in [1.165, 1.54) is 30.3 Å². The molecule has 0 unspecified atom stereocenters. The Kier molecular flexibility index (Phi) is 4.74. The standard InChI is InChI=1S/C14H11BrF2N2O2/c15-10-5-8(16)1-4-13(10)21-7-14(20)19-9-2-3-11(17)12(18)6-9/h1-6H,7,18H2,(H,19,20). The molecule has 2 aromatic carbocycles. The summed E-state index contributed by atoms with van der Waals surface area (Å²) >= 11 is 3.13. The van der Waals surface area contributed by atoms with E-state index < -0.39 is 17.5 Å². The van der Waals surface area contributed by atoms with E-state index in [4.69, 9.17) is 10.5 Å². The third-order valence-electron chi connectivity index (χ3n) is 2.53. The van der Waals surface area contributed by atoms with Crippen LogP contribution in [0.1, 0.15) is 0 Å². The van der Waals surface area contributed by atoms with Gasteiger partial charge in [0.1, 0.15) is 17.4 Å². The second-order valence-electron chi connectivity index (χ2n) is 4.15. The third-order valence-corrected chi connectivity index (χ3v) is 3.15. The van der Waals surface area contributed by atoms with Gasteiger partial charge in [-0.05, 0) is 52.3 Å². The number of nitrogen functional groups attached to an aromatic ring is 1. The zero-order valence-corrected chi connectivity index (χ0v) is 12.3. The molecule has 4 nitrogen and oxygen atoms in total. The van der Waals surface area contributed by atoms with E-state index in [-0.39, 0.29) is 12.3 Å². The van der Waals surface area contributed by atoms with Crippen LogP contribution in [0.4, 0.5) is 20.2 Å². The highest BCUT2D eigenvalue weighted by atomic mass is 79.9. The average molecular weight is 357 g/mol. The van der Waals surface area contributed by atoms with Gasteiger partial charge in [-0.15, -0.1) is 0 Å². The fourth-order valence-electron chi connectivity index (χ4n) is 1.55. The van der Waals surface area contributed by atoms with E-state index in [9.17, 15) is 13.6 Å². The molecular formula is C14H11BrF2N2O2. The summed E-state index contributed by atoms with van der Waals surface area (Å²) in [4.78, 5) is 11.7. The summed E-state index contributed by atoms with van der Waals surface area (Å²) in [6.07, 6.45) is 0. The highest BCUT2D eigenvalue weighted by molar-refractivity contribution is 9.10. The lowest BCUT2D eigenvalue weighted by molar-refractivity contribution is -0.118. The summed E-state index contributed by atoms with van der Waals surface area (Å²) < 4.78 is 31.5. The van der Waals surface area contributed by atoms with Gasteiger partial charge in [0.05, 0.1) is 10.2 Å². The predicted molar refractivity (Wildman–Crippen MR) is 79.0 cm³/mol. The van der Waals surface area contributed by atoms with E-state index in [0.29, 0.717) is 15.9 Å². The van der Waals surface area contributed by atoms with Crippen molar-refractivity contribution in [2.24, 2.45) is 0 Å². The minimum Gasteiger partial charge on any atom is -0.483 e. The summed E-state index contributed by atoms with van der Waals surface area (Å²) in [5, 5.41) is 2.51. The minimum absolute atomic E-state index is 0.0602. The Bertz CT molecular complexity index is 680. The van der Waals surface area contributed by atoms with Crippen molar-refractivity contribution in [3.63, 3.8) is 0 Å². The Morgan fingerprint density at radius 2 is 2.00 bits per heavy atom. The molecule has 0 bridgehead atoms. The molecule has 0 fully saturated rings. The Hall–Kier alpha value is -2.15. The molecule has 2 rings (SSSR count). The van der Waals surface area contributed by atoms with Crippen LogP contribution in [0.25, 0.3) is 0 Å². The van der Waals surface area contributed by atoms with Crippen LogP contribution in [-0.2, 0) is 4.79 Å². The van der Waals surface area contributed by atoms with Crippen LogP contribution in [0.5, 0.6) is 5.75 Å². The lowest BCUT2D eigenvalue weighted by Gasteiger charge is -2.09. The van der Waals surface area contributed by atoms with Gasteiger partial charge in [0, 0.05) is 5.69 Å². The second kappa shape index (κ2) is 6.53. The molecule has 0 aromatic heterocycles. The molecule has 0 atom stereocenters. The van der Waals surface area contributed by atoms with E-state index in [0.717, 1.165) is 6.07 Å². The molecule has 0 saturated carbocycles. The summed E-state index contributed by atoms with van der Waals surface area (Å²) in [6, 6.07) is 7.70. The molecule has 110 valence electrons. The molecule has 0 aliphatic heterocycles. The topological polar surface area (TPSA) is 64.3 Å². The van der Waals surface area contributed by atoms with E-state index >= 15 is 0 Å². The van der Waals surface area contributed by atoms with Gasteiger partial charge in [-0.25, -0.2) is 8.78 Å². The van der Waals surface area contributed by atoms with Crippen LogP contribution in [0.3, 0.4) is 0 Å². The van der Waals surface area contributed by atoms with Gasteiger partial charge in [0.2, 0.25) is 0 Å². The SMILES string of the molecule is Nc1cc(NC(=O)COc2ccc(F)cc2Br)ccc1F. The van der Waals surface area contributed by atoms with Crippen molar-refractivity contribution in [2.75, 3.05) is 17.7 Å². The molecule has 21 heavy (non-hydrogen) atoms. The quantitative estimate of drug-likeness (QED) is 0.825. The molecule has 0 aliphatic carbocycles. The lowest BCUT2D eigenvalue weighted by Crippen LogP contribution is -2.20. The third kappa shape index (κ3) is 4.16. The highest BCUT2D eigenvalue weighted by Gasteiger charge is 2.08. The van der Waals surface area contributed by atoms with Gasteiger partial charge < -0.3 is 15.8 Å². The predicted octanol–water partition coefficient (Wildman–Crippen LogP) is 3.33. The molecule has 3 N–H and O–H groups in total. The van der Waals surface area contributed by atoms with Gasteiger partial charge in [0.15, 0.2) is 6.61 Å². The smallest absolute Gasteiger partial charge is 0.262 e. The van der Waals surface area contributed by atoms with E-state index in [2.05, 4.69) is 21.2 Å². The number of carbonyl (C=O) groups is 1. The number of amides is 1. The Morgan fingerprint density at radius 1 is 1.24 bits per heavy atom. The average Bonchev–Trinajstić information content (AvgIpc) is 2.42. The number of rotatable bonds is 4. The first kappa shape index (κ1) is 15.2. The monoisotopic (exact) mass is 356 g/mol. The van der Waals surface area contributed by atoms with E-state index in [1.54, 1.807) is 0 Å². The Labute approximate surface area is 128 Å². The second-order valence-corrected chi connectivity index (χ2v) is 5.00. The molecule has 0 heterocycles. The van der Waals surface area contributed by atoms with Crippen molar-refractivity contribution < 1.29 is 18.3 Å². The fourth-order valence-corrected chi connectivity index (χ4v) is 2.02. The summed E-state index contributed by atoms with van der Waals surface area (Å²) in [7, 11) is 0. The number of hydrogen-bond donors (Lipinski definition) is 2. The van der Waals surface area contributed by atoms with Crippen LogP contribution in [0.2, 0.25) is 0 Å². The molecule has 1 amide bonds. The van der Waals surface area contributed by atoms with Gasteiger partial charge in [-0.1, -0.05) is 0 Å². The van der Waals surface area contributed by atoms with Crippen molar-refractivity contribution in [1.82, 2.24) is 0 Å². The maximum Gasteiger partial charge on any atom is 0.262 e. The molecule has 0 saturated heterocycles. The molecule has 0 spiro atoms. The first-order chi connectivity index (χ1) is 9.95. The number of hydrogen-bond acceptors (Lipinski definition) is 3. The summed E-state index contributed by atoms with van der Waals surface area (Å²) in [5.74, 6) is -1.08. The number of benzene rings is 2. The van der Waals surface area contributed by atoms with Crippen molar-refractivity contribution >= 4 is 33.2 Å². The van der Waals surface area contributed by atoms with Gasteiger partial charge in [-0.3, -0.25) is 4.79 Å². The van der Waals surface area contributed by atoms with Crippen LogP contribution in [0.15, 0.2) is 40.9 Å². The maximum atomic E-state index is 13.0. The van der Waals surface area contributed by atoms with Gasteiger partial charge in [-0.2, -0.15) is 0 Å². The van der Waals surface area contributed by atoms with Crippen molar-refractivity contribution in [1.29, 1.82) is 0 Å². The molecule has 2 aromatic rings. The maximum absolute atomic E-state index is 13.0. The van der Waals surface area contributed by atoms with Crippen LogP contribution in [0, 0.1) is 11.6 Å². The lowest BCUT2D eigenvalue weighted by atomic mass is 10.2. The molecular weight excluding hydrogens is 346 g/mol. The first-order valence-electron chi connectivity index (χ1n) is 5.88. The number of nitrogens with two attached hydrogens (primary N) is 1. The number of halogens is 3. The van der Waals surface area contributed by atoms with Crippen molar-refractivity contribution in [3.05, 3.63) is 52.5 Å². The Morgan fingerprint density at radius 3 is 2.67 bits per heavy atom. The van der Waals surface area contributed by atoms with Crippen molar-refractivity contribution in [3.8, 4) is 5.75 Å². The van der Waals surface area contributed by atoms with Gasteiger partial charge >= 0.3 is 0 Å². The zero-order chi connectivity index (χ0) is 15.4. The normalized spacial score (nSPS) is 10.2. The largest absolute Gasteiger partial charge is 0.483 e. The van der Waals surface area contributed by atoms with Gasteiger partial charge in [0.25, 0.3) is 5.91 Å². The Balaban J connectivity index is 1.94. The summed E-state index contributed by atoms with van der Waals surface area (Å²) in [6.45, 7) is -0.276. The minimum atomic E-state index is -0.556. The van der Waals surface area contributed by atoms with Crippen molar-refractivity contribution in [2.45, 2.75) is 0 Å². The molecule has 7 heteroatoms. The van der Waals surface area contributed by atoms with Crippen LogP contribution >= 0.6 is 15.9 Å². The fraction of sp³-hybridized carbons (Fsp3) is 0.0714. The number of nitrogens with one attached hydrogen (secondary N) is 1. The number of carbonyl (C=O) groups excluding carboxylic acids is 1. The molecule has 0 aliphatic rings. The van der Waals surface area contributed by atoms with Crippen LogP contribution < -0.4 is 15.8 Å². The summed E-state index contributed by atoms with van der Waals surface area (Å²) in [5.41, 5.74) is 5.70. The van der Waals surface area contributed by atoms with Crippen LogP contribution in [-0.4, -0.2) is 12.5 Å². The zero-order valence-electron chi connectivity index (χ0n) is 10.7. The first-order valence-corrected chi connectivity index (χ1v) is 6.68.